The van der Waals surface area contributed by atoms with Crippen molar-refractivity contribution in [3.63, 3.8) is 0 Å². The molecule has 2 unspecified atom stereocenters. The third-order valence-electron chi connectivity index (χ3n) is 16.5. The normalized spacial score (nSPS) is 14.1. The van der Waals surface area contributed by atoms with Gasteiger partial charge in [0, 0.05) is 25.7 Å². The largest absolute Gasteiger partial charge is 0.472 e. The van der Waals surface area contributed by atoms with E-state index < -0.39 is 97.5 Å². The fourth-order valence-electron chi connectivity index (χ4n) is 10.8. The molecule has 0 aliphatic rings. The van der Waals surface area contributed by atoms with E-state index >= 15 is 0 Å². The first-order valence-corrected chi connectivity index (χ1v) is 40.1. The molecule has 0 bridgehead atoms. The molecule has 0 heterocycles. The Morgan fingerprint density at radius 3 is 0.756 bits per heavy atom. The molecule has 17 nitrogen and oxygen atoms in total. The van der Waals surface area contributed by atoms with Gasteiger partial charge in [-0.15, -0.1) is 0 Å². The number of phosphoric acid groups is 2. The molecule has 0 aliphatic heterocycles. The molecule has 0 fully saturated rings. The molecule has 0 spiro atoms. The number of esters is 4. The molecule has 0 rings (SSSR count). The van der Waals surface area contributed by atoms with Crippen LogP contribution in [0.15, 0.2) is 0 Å². The minimum atomic E-state index is -4.95. The number of aliphatic hydroxyl groups excluding tert-OH is 1. The number of carbonyl (C=O) groups excluding carboxylic acids is 4. The third kappa shape index (κ3) is 64.8. The van der Waals surface area contributed by atoms with E-state index in [1.807, 2.05) is 0 Å². The van der Waals surface area contributed by atoms with Crippen LogP contribution in [-0.2, 0) is 65.4 Å². The van der Waals surface area contributed by atoms with E-state index in [2.05, 4.69) is 34.6 Å². The smallest absolute Gasteiger partial charge is 0.462 e. The van der Waals surface area contributed by atoms with Gasteiger partial charge >= 0.3 is 39.5 Å². The first-order chi connectivity index (χ1) is 43.5. The van der Waals surface area contributed by atoms with Crippen LogP contribution in [0.5, 0.6) is 0 Å². The average Bonchev–Trinajstić information content (AvgIpc) is 3.55. The van der Waals surface area contributed by atoms with Gasteiger partial charge in [-0.25, -0.2) is 9.13 Å². The van der Waals surface area contributed by atoms with E-state index in [0.717, 1.165) is 109 Å². The summed E-state index contributed by atoms with van der Waals surface area (Å²) >= 11 is 0. The van der Waals surface area contributed by atoms with Crippen molar-refractivity contribution in [2.24, 2.45) is 5.92 Å². The summed E-state index contributed by atoms with van der Waals surface area (Å²) in [4.78, 5) is 72.5. The van der Waals surface area contributed by atoms with E-state index in [0.29, 0.717) is 25.7 Å². The molecule has 3 N–H and O–H groups in total. The van der Waals surface area contributed by atoms with Gasteiger partial charge in [-0.3, -0.25) is 37.3 Å². The molecule has 0 aromatic carbocycles. The molecule has 534 valence electrons. The van der Waals surface area contributed by atoms with E-state index in [4.69, 9.17) is 37.0 Å². The molecular formula is C71H138O17P2. The predicted molar refractivity (Wildman–Crippen MR) is 363 cm³/mol. The quantitative estimate of drug-likeness (QED) is 0.0222. The molecule has 5 atom stereocenters. The zero-order valence-electron chi connectivity index (χ0n) is 58.3. The molecule has 0 saturated heterocycles. The SMILES string of the molecule is CCCCCCCCCCCCCCCCCC(=O)O[C@H](COC(=O)CCCCCCCCCCCCCC(C)C)COP(=O)(O)OC[C@@H](O)COP(=O)(O)OC[C@@H](COC(=O)CCCCCCCCC)OC(=O)CCCCCCCCCCCCCCCC. The lowest BCUT2D eigenvalue weighted by molar-refractivity contribution is -0.161. The van der Waals surface area contributed by atoms with Gasteiger partial charge in [0.2, 0.25) is 0 Å². The molecule has 90 heavy (non-hydrogen) atoms. The fraction of sp³-hybridized carbons (Fsp3) is 0.944. The van der Waals surface area contributed by atoms with E-state index in [-0.39, 0.29) is 25.7 Å². The first-order valence-electron chi connectivity index (χ1n) is 37.1. The number of carbonyl (C=O) groups is 4. The van der Waals surface area contributed by atoms with Gasteiger partial charge in [-0.1, -0.05) is 317 Å². The van der Waals surface area contributed by atoms with Crippen molar-refractivity contribution in [2.75, 3.05) is 39.6 Å². The standard InChI is InChI=1S/C71H138O17P2/c1-6-9-12-15-18-20-22-24-26-28-32-37-42-47-52-57-71(76)88-67(61-82-69(74)55-50-45-40-35-33-29-30-34-39-43-48-53-64(4)5)63-86-90(79,80)84-59-65(72)58-83-89(77,78)85-62-66(60-81-68(73)54-49-44-38-17-14-11-8-3)87-70(75)56-51-46-41-36-31-27-25-23-21-19-16-13-10-7-2/h64-67,72H,6-63H2,1-5H3,(H,77,78)(H,79,80)/t65-,66+,67+/m0/s1. The molecule has 0 radical (unpaired) electrons. The summed E-state index contributed by atoms with van der Waals surface area (Å²) in [6, 6.07) is 0. The summed E-state index contributed by atoms with van der Waals surface area (Å²) in [6.45, 7) is 7.23. The highest BCUT2D eigenvalue weighted by Gasteiger charge is 2.30. The maximum Gasteiger partial charge on any atom is 0.472 e. The van der Waals surface area contributed by atoms with E-state index in [9.17, 15) is 43.2 Å². The minimum absolute atomic E-state index is 0.108. The summed E-state index contributed by atoms with van der Waals surface area (Å²) in [6.07, 6.45) is 51.3. The molecular weight excluding hydrogens is 1190 g/mol. The second-order valence-corrected chi connectivity index (χ2v) is 29.0. The Hall–Kier alpha value is -1.94. The Morgan fingerprint density at radius 2 is 0.511 bits per heavy atom. The minimum Gasteiger partial charge on any atom is -0.462 e. The first kappa shape index (κ1) is 88.1. The summed E-state index contributed by atoms with van der Waals surface area (Å²) < 4.78 is 68.3. The lowest BCUT2D eigenvalue weighted by atomic mass is 10.0. The maximum absolute atomic E-state index is 13.0. The van der Waals surface area contributed by atoms with Gasteiger partial charge in [0.25, 0.3) is 0 Å². The molecule has 0 aromatic heterocycles. The second kappa shape index (κ2) is 64.4. The summed E-state index contributed by atoms with van der Waals surface area (Å²) in [5, 5.41) is 10.6. The summed E-state index contributed by atoms with van der Waals surface area (Å²) in [5.41, 5.74) is 0. The zero-order valence-corrected chi connectivity index (χ0v) is 60.1. The Kier molecular flexibility index (Phi) is 63.0. The van der Waals surface area contributed by atoms with Crippen LogP contribution in [0.2, 0.25) is 0 Å². The van der Waals surface area contributed by atoms with Gasteiger partial charge in [0.1, 0.15) is 19.3 Å². The zero-order chi connectivity index (χ0) is 66.3. The van der Waals surface area contributed by atoms with Crippen LogP contribution in [0, 0.1) is 5.92 Å². The van der Waals surface area contributed by atoms with Crippen LogP contribution in [0.1, 0.15) is 369 Å². The van der Waals surface area contributed by atoms with Crippen molar-refractivity contribution in [2.45, 2.75) is 387 Å². The van der Waals surface area contributed by atoms with Crippen LogP contribution in [0.25, 0.3) is 0 Å². The van der Waals surface area contributed by atoms with Gasteiger partial charge in [0.15, 0.2) is 12.2 Å². The van der Waals surface area contributed by atoms with Crippen molar-refractivity contribution < 1.29 is 80.2 Å². The van der Waals surface area contributed by atoms with Gasteiger partial charge in [0.05, 0.1) is 26.4 Å². The molecule has 19 heteroatoms. The predicted octanol–water partition coefficient (Wildman–Crippen LogP) is 20.5. The number of phosphoric ester groups is 2. The van der Waals surface area contributed by atoms with E-state index in [1.54, 1.807) is 0 Å². The molecule has 0 saturated carbocycles. The lowest BCUT2D eigenvalue weighted by Crippen LogP contribution is -2.30. The number of unbranched alkanes of at least 4 members (excludes halogenated alkanes) is 43. The van der Waals surface area contributed by atoms with Crippen molar-refractivity contribution >= 4 is 39.5 Å². The fourth-order valence-corrected chi connectivity index (χ4v) is 12.4. The lowest BCUT2D eigenvalue weighted by Gasteiger charge is -2.21. The summed E-state index contributed by atoms with van der Waals surface area (Å²) in [7, 11) is -9.90. The summed E-state index contributed by atoms with van der Waals surface area (Å²) in [5.74, 6) is -1.35. The van der Waals surface area contributed by atoms with Crippen molar-refractivity contribution in [3.05, 3.63) is 0 Å². The number of hydrogen-bond donors (Lipinski definition) is 3. The number of ether oxygens (including phenoxy) is 4. The Bertz CT molecular complexity index is 1740. The second-order valence-electron chi connectivity index (χ2n) is 26.1. The van der Waals surface area contributed by atoms with Crippen LogP contribution < -0.4 is 0 Å². The highest BCUT2D eigenvalue weighted by atomic mass is 31.2. The third-order valence-corrected chi connectivity index (χ3v) is 18.4. The molecule has 0 amide bonds. The van der Waals surface area contributed by atoms with Crippen LogP contribution >= 0.6 is 15.6 Å². The van der Waals surface area contributed by atoms with Gasteiger partial charge < -0.3 is 33.8 Å². The van der Waals surface area contributed by atoms with Crippen molar-refractivity contribution in [3.8, 4) is 0 Å². The Balaban J connectivity index is 5.20. The highest BCUT2D eigenvalue weighted by molar-refractivity contribution is 7.47. The van der Waals surface area contributed by atoms with E-state index in [1.165, 1.54) is 180 Å². The van der Waals surface area contributed by atoms with Crippen molar-refractivity contribution in [1.82, 2.24) is 0 Å². The van der Waals surface area contributed by atoms with Gasteiger partial charge in [-0.05, 0) is 31.6 Å². The monoisotopic (exact) mass is 1320 g/mol. The Labute approximate surface area is 549 Å². The maximum atomic E-state index is 13.0. The Morgan fingerprint density at radius 1 is 0.300 bits per heavy atom. The van der Waals surface area contributed by atoms with Gasteiger partial charge in [-0.2, -0.15) is 0 Å². The number of rotatable bonds is 71. The number of hydrogen-bond acceptors (Lipinski definition) is 15. The van der Waals surface area contributed by atoms with Crippen LogP contribution in [-0.4, -0.2) is 96.7 Å². The van der Waals surface area contributed by atoms with Crippen LogP contribution in [0.4, 0.5) is 0 Å². The highest BCUT2D eigenvalue weighted by Crippen LogP contribution is 2.45. The molecule has 0 aromatic rings. The van der Waals surface area contributed by atoms with Crippen LogP contribution in [0.3, 0.4) is 0 Å². The average molecular weight is 1330 g/mol. The van der Waals surface area contributed by atoms with Crippen molar-refractivity contribution in [1.29, 1.82) is 0 Å². The topological polar surface area (TPSA) is 237 Å². The number of aliphatic hydroxyl groups is 1. The molecule has 0 aliphatic carbocycles.